The highest BCUT2D eigenvalue weighted by molar-refractivity contribution is 6.05. The molecule has 0 saturated heterocycles. The van der Waals surface area contributed by atoms with Gasteiger partial charge in [-0.15, -0.1) is 0 Å². The van der Waals surface area contributed by atoms with Crippen LogP contribution in [0.2, 0.25) is 0 Å². The lowest BCUT2D eigenvalue weighted by molar-refractivity contribution is 0.102. The molecule has 21 heavy (non-hydrogen) atoms. The predicted molar refractivity (Wildman–Crippen MR) is 85.3 cm³/mol. The van der Waals surface area contributed by atoms with E-state index in [1.807, 2.05) is 24.3 Å². The molecule has 1 unspecified atom stereocenters. The van der Waals surface area contributed by atoms with E-state index in [1.54, 1.807) is 31.2 Å². The van der Waals surface area contributed by atoms with Crippen LogP contribution in [0.3, 0.4) is 0 Å². The molecular weight excluding hydrogens is 264 g/mol. The van der Waals surface area contributed by atoms with Gasteiger partial charge in [-0.05, 0) is 49.6 Å². The van der Waals surface area contributed by atoms with Gasteiger partial charge in [-0.25, -0.2) is 0 Å². The van der Waals surface area contributed by atoms with Crippen molar-refractivity contribution in [2.24, 2.45) is 0 Å². The van der Waals surface area contributed by atoms with Gasteiger partial charge in [-0.2, -0.15) is 0 Å². The molecule has 0 radical (unpaired) electrons. The Morgan fingerprint density at radius 1 is 1.19 bits per heavy atom. The quantitative estimate of drug-likeness (QED) is 0.739. The van der Waals surface area contributed by atoms with Crippen molar-refractivity contribution in [2.75, 3.05) is 11.1 Å². The first-order valence-corrected chi connectivity index (χ1v) is 6.99. The number of nitrogens with one attached hydrogen (secondary N) is 1. The molecule has 1 amide bonds. The van der Waals surface area contributed by atoms with Crippen LogP contribution >= 0.6 is 0 Å². The van der Waals surface area contributed by atoms with E-state index in [0.29, 0.717) is 23.4 Å². The van der Waals surface area contributed by atoms with E-state index in [-0.39, 0.29) is 12.0 Å². The molecule has 2 aromatic carbocycles. The van der Waals surface area contributed by atoms with Gasteiger partial charge < -0.3 is 16.2 Å². The number of amides is 1. The highest BCUT2D eigenvalue weighted by atomic mass is 16.3. The number of aryl methyl sites for hydroxylation is 1. The van der Waals surface area contributed by atoms with Crippen molar-refractivity contribution in [3.63, 3.8) is 0 Å². The summed E-state index contributed by atoms with van der Waals surface area (Å²) in [7, 11) is 0. The summed E-state index contributed by atoms with van der Waals surface area (Å²) in [6.07, 6.45) is 1.20. The second-order valence-corrected chi connectivity index (χ2v) is 5.13. The molecule has 0 aromatic heterocycles. The highest BCUT2D eigenvalue weighted by Gasteiger charge is 2.08. The molecule has 0 heterocycles. The maximum atomic E-state index is 12.1. The summed E-state index contributed by atoms with van der Waals surface area (Å²) in [5.74, 6) is -0.185. The van der Waals surface area contributed by atoms with Gasteiger partial charge in [0.15, 0.2) is 0 Å². The number of carbonyl (C=O) groups is 1. The van der Waals surface area contributed by atoms with E-state index < -0.39 is 0 Å². The van der Waals surface area contributed by atoms with Gasteiger partial charge in [0.25, 0.3) is 5.91 Å². The third-order valence-corrected chi connectivity index (χ3v) is 3.28. The third-order valence-electron chi connectivity index (χ3n) is 3.28. The maximum absolute atomic E-state index is 12.1. The molecule has 0 aliphatic rings. The number of benzene rings is 2. The van der Waals surface area contributed by atoms with E-state index in [4.69, 9.17) is 5.73 Å². The predicted octanol–water partition coefficient (Wildman–Crippen LogP) is 2.83. The Morgan fingerprint density at radius 2 is 1.86 bits per heavy atom. The zero-order chi connectivity index (χ0) is 15.2. The molecule has 2 rings (SSSR count). The van der Waals surface area contributed by atoms with Crippen molar-refractivity contribution in [3.8, 4) is 0 Å². The Bertz CT molecular complexity index is 606. The molecule has 4 N–H and O–H groups in total. The molecule has 0 saturated carbocycles. The van der Waals surface area contributed by atoms with Gasteiger partial charge in [0.05, 0.1) is 17.5 Å². The van der Waals surface area contributed by atoms with Crippen LogP contribution in [-0.4, -0.2) is 17.1 Å². The fraction of sp³-hybridized carbons (Fsp3) is 0.235. The monoisotopic (exact) mass is 284 g/mol. The highest BCUT2D eigenvalue weighted by Crippen LogP contribution is 2.18. The van der Waals surface area contributed by atoms with E-state index in [0.717, 1.165) is 12.0 Å². The van der Waals surface area contributed by atoms with E-state index >= 15 is 0 Å². The summed E-state index contributed by atoms with van der Waals surface area (Å²) in [6, 6.07) is 14.5. The molecular formula is C17H20N2O2. The van der Waals surface area contributed by atoms with E-state index in [2.05, 4.69) is 5.32 Å². The summed E-state index contributed by atoms with van der Waals surface area (Å²) < 4.78 is 0. The zero-order valence-corrected chi connectivity index (χ0v) is 12.0. The number of hydrogen-bond acceptors (Lipinski definition) is 3. The van der Waals surface area contributed by atoms with Crippen molar-refractivity contribution in [1.29, 1.82) is 0 Å². The van der Waals surface area contributed by atoms with Gasteiger partial charge in [0.1, 0.15) is 0 Å². The number of aliphatic hydroxyl groups excluding tert-OH is 1. The molecule has 2 aromatic rings. The first-order chi connectivity index (χ1) is 10.1. The van der Waals surface area contributed by atoms with Crippen LogP contribution in [0.25, 0.3) is 0 Å². The molecule has 0 bridgehead atoms. The van der Waals surface area contributed by atoms with Gasteiger partial charge in [0, 0.05) is 5.56 Å². The molecule has 110 valence electrons. The number of para-hydroxylation sites is 2. The lowest BCUT2D eigenvalue weighted by Gasteiger charge is -2.09. The summed E-state index contributed by atoms with van der Waals surface area (Å²) in [5.41, 5.74) is 8.64. The number of hydrogen-bond donors (Lipinski definition) is 3. The fourth-order valence-electron chi connectivity index (χ4n) is 2.00. The van der Waals surface area contributed by atoms with E-state index in [1.165, 1.54) is 0 Å². The smallest absolute Gasteiger partial charge is 0.255 e. The van der Waals surface area contributed by atoms with Crippen molar-refractivity contribution >= 4 is 17.3 Å². The summed E-state index contributed by atoms with van der Waals surface area (Å²) >= 11 is 0. The van der Waals surface area contributed by atoms with Crippen molar-refractivity contribution in [2.45, 2.75) is 25.9 Å². The maximum Gasteiger partial charge on any atom is 0.255 e. The Morgan fingerprint density at radius 3 is 2.48 bits per heavy atom. The standard InChI is InChI=1S/C17H20N2O2/c1-12(20)6-7-13-8-10-14(11-9-13)17(21)19-16-5-3-2-4-15(16)18/h2-5,8-12,20H,6-7,18H2,1H3,(H,19,21). The molecule has 0 spiro atoms. The van der Waals surface area contributed by atoms with Crippen molar-refractivity contribution < 1.29 is 9.90 Å². The lowest BCUT2D eigenvalue weighted by atomic mass is 10.1. The molecule has 0 aliphatic heterocycles. The molecule has 0 fully saturated rings. The largest absolute Gasteiger partial charge is 0.397 e. The van der Waals surface area contributed by atoms with Crippen LogP contribution < -0.4 is 11.1 Å². The summed E-state index contributed by atoms with van der Waals surface area (Å²) in [6.45, 7) is 1.77. The third kappa shape index (κ3) is 4.33. The van der Waals surface area contributed by atoms with Gasteiger partial charge in [0.2, 0.25) is 0 Å². The molecule has 1 atom stereocenters. The average Bonchev–Trinajstić information content (AvgIpc) is 2.48. The second-order valence-electron chi connectivity index (χ2n) is 5.13. The average molecular weight is 284 g/mol. The van der Waals surface area contributed by atoms with Crippen molar-refractivity contribution in [3.05, 3.63) is 59.7 Å². The van der Waals surface area contributed by atoms with Crippen LogP contribution in [0.5, 0.6) is 0 Å². The van der Waals surface area contributed by atoms with Gasteiger partial charge >= 0.3 is 0 Å². The first-order valence-electron chi connectivity index (χ1n) is 6.99. The van der Waals surface area contributed by atoms with Crippen molar-refractivity contribution in [1.82, 2.24) is 0 Å². The first kappa shape index (κ1) is 15.1. The minimum Gasteiger partial charge on any atom is -0.397 e. The lowest BCUT2D eigenvalue weighted by Crippen LogP contribution is -2.13. The fourth-order valence-corrected chi connectivity index (χ4v) is 2.00. The van der Waals surface area contributed by atoms with Crippen LogP contribution in [0.1, 0.15) is 29.3 Å². The number of nitrogen functional groups attached to an aromatic ring is 1. The Kier molecular flexibility index (Phi) is 4.95. The number of anilines is 2. The van der Waals surface area contributed by atoms with Crippen LogP contribution in [0.15, 0.2) is 48.5 Å². The normalized spacial score (nSPS) is 11.9. The number of nitrogens with two attached hydrogens (primary N) is 1. The minimum atomic E-state index is -0.311. The van der Waals surface area contributed by atoms with Gasteiger partial charge in [-0.1, -0.05) is 24.3 Å². The topological polar surface area (TPSA) is 75.3 Å². The molecule has 4 heteroatoms. The SMILES string of the molecule is CC(O)CCc1ccc(C(=O)Nc2ccccc2N)cc1. The van der Waals surface area contributed by atoms with Gasteiger partial charge in [-0.3, -0.25) is 4.79 Å². The number of aliphatic hydroxyl groups is 1. The minimum absolute atomic E-state index is 0.185. The number of carbonyl (C=O) groups excluding carboxylic acids is 1. The van der Waals surface area contributed by atoms with E-state index in [9.17, 15) is 9.90 Å². The second kappa shape index (κ2) is 6.90. The molecule has 4 nitrogen and oxygen atoms in total. The van der Waals surface area contributed by atoms with Crippen LogP contribution in [0, 0.1) is 0 Å². The Labute approximate surface area is 124 Å². The Balaban J connectivity index is 2.01. The number of rotatable bonds is 5. The zero-order valence-electron chi connectivity index (χ0n) is 12.0. The summed E-state index contributed by atoms with van der Waals surface area (Å²) in [4.78, 5) is 12.1. The van der Waals surface area contributed by atoms with Crippen LogP contribution in [0.4, 0.5) is 11.4 Å². The van der Waals surface area contributed by atoms with Crippen LogP contribution in [-0.2, 0) is 6.42 Å². The Hall–Kier alpha value is -2.33. The summed E-state index contributed by atoms with van der Waals surface area (Å²) in [5, 5.41) is 12.1. The molecule has 0 aliphatic carbocycles.